The Bertz CT molecular complexity index is 1240. The third-order valence-corrected chi connectivity index (χ3v) is 7.26. The fraction of sp³-hybridized carbons (Fsp3) is 0.136. The fourth-order valence-corrected chi connectivity index (χ4v) is 5.47. The lowest BCUT2D eigenvalue weighted by Gasteiger charge is -2.12. The molecule has 0 bridgehead atoms. The molecule has 4 rings (SSSR count). The quantitative estimate of drug-likeness (QED) is 0.301. The van der Waals surface area contributed by atoms with Gasteiger partial charge in [-0.25, -0.2) is 4.98 Å². The number of thioether (sulfide) groups is 1. The number of carbonyl (C=O) groups excluding carboxylic acids is 1. The van der Waals surface area contributed by atoms with Crippen molar-refractivity contribution in [2.45, 2.75) is 28.4 Å². The summed E-state index contributed by atoms with van der Waals surface area (Å²) < 4.78 is 2.27. The first-order valence-electron chi connectivity index (χ1n) is 9.38. The van der Waals surface area contributed by atoms with Gasteiger partial charge in [0.05, 0.1) is 17.0 Å². The zero-order valence-corrected chi connectivity index (χ0v) is 18.7. The van der Waals surface area contributed by atoms with Crippen LogP contribution in [0, 0.1) is 0 Å². The summed E-state index contributed by atoms with van der Waals surface area (Å²) >= 11 is 4.28. The van der Waals surface area contributed by atoms with Gasteiger partial charge in [-0.2, -0.15) is 0 Å². The maximum Gasteiger partial charge on any atom is 0.272 e. The Balaban J connectivity index is 1.47. The molecule has 1 amide bonds. The zero-order valence-electron chi connectivity index (χ0n) is 16.2. The molecule has 2 heterocycles. The number of aromatic nitrogens is 2. The van der Waals surface area contributed by atoms with E-state index >= 15 is 0 Å². The van der Waals surface area contributed by atoms with Crippen molar-refractivity contribution in [3.8, 4) is 0 Å². The Morgan fingerprint density at radius 1 is 1.10 bits per heavy atom. The summed E-state index contributed by atoms with van der Waals surface area (Å²) in [5, 5.41) is 5.42. The van der Waals surface area contributed by atoms with Gasteiger partial charge in [-0.1, -0.05) is 53.9 Å². The molecule has 8 heteroatoms. The molecule has 2 aromatic carbocycles. The minimum atomic E-state index is -0.136. The molecule has 0 aliphatic carbocycles. The molecule has 152 valence electrons. The minimum Gasteiger partial charge on any atom is -0.324 e. The van der Waals surface area contributed by atoms with Crippen LogP contribution in [-0.2, 0) is 11.3 Å². The molecule has 1 N–H and O–H groups in total. The molecule has 0 spiro atoms. The van der Waals surface area contributed by atoms with Crippen LogP contribution in [0.2, 0.25) is 0 Å². The Morgan fingerprint density at radius 2 is 1.87 bits per heavy atom. The van der Waals surface area contributed by atoms with E-state index in [0.29, 0.717) is 21.9 Å². The predicted molar refractivity (Wildman–Crippen MR) is 126 cm³/mol. The molecular weight excluding hydrogens is 434 g/mol. The molecule has 2 aromatic heterocycles. The molecule has 5 nitrogen and oxygen atoms in total. The largest absolute Gasteiger partial charge is 0.324 e. The number of hydrogen-bond acceptors (Lipinski definition) is 6. The number of fused-ring (bicyclic) bond motifs is 1. The van der Waals surface area contributed by atoms with E-state index in [2.05, 4.69) is 10.3 Å². The van der Waals surface area contributed by atoms with Crippen molar-refractivity contribution in [1.29, 1.82) is 0 Å². The molecule has 0 aliphatic rings. The number of anilines is 1. The number of para-hydroxylation sites is 1. The van der Waals surface area contributed by atoms with Crippen molar-refractivity contribution in [1.82, 2.24) is 9.55 Å². The van der Waals surface area contributed by atoms with E-state index in [0.717, 1.165) is 15.5 Å². The van der Waals surface area contributed by atoms with Crippen LogP contribution in [0.5, 0.6) is 0 Å². The average molecular weight is 454 g/mol. The Morgan fingerprint density at radius 3 is 2.67 bits per heavy atom. The van der Waals surface area contributed by atoms with Crippen molar-refractivity contribution >= 4 is 56.7 Å². The van der Waals surface area contributed by atoms with Crippen LogP contribution >= 0.6 is 34.9 Å². The van der Waals surface area contributed by atoms with E-state index < -0.39 is 0 Å². The first-order valence-corrected chi connectivity index (χ1v) is 12.1. The van der Waals surface area contributed by atoms with Crippen LogP contribution in [0.3, 0.4) is 0 Å². The molecular formula is C22H19N3O2S3. The number of thiophene rings is 1. The van der Waals surface area contributed by atoms with E-state index in [9.17, 15) is 9.59 Å². The van der Waals surface area contributed by atoms with Gasteiger partial charge in [0.25, 0.3) is 5.56 Å². The van der Waals surface area contributed by atoms with Gasteiger partial charge in [-0.05, 0) is 42.6 Å². The van der Waals surface area contributed by atoms with Gasteiger partial charge in [0.1, 0.15) is 4.70 Å². The lowest BCUT2D eigenvalue weighted by atomic mass is 10.3. The topological polar surface area (TPSA) is 64.0 Å². The van der Waals surface area contributed by atoms with Crippen LogP contribution in [-0.4, -0.2) is 21.2 Å². The molecule has 0 saturated heterocycles. The van der Waals surface area contributed by atoms with Crippen LogP contribution in [0.25, 0.3) is 10.2 Å². The summed E-state index contributed by atoms with van der Waals surface area (Å²) in [6.07, 6.45) is 0. The number of amides is 1. The van der Waals surface area contributed by atoms with Crippen molar-refractivity contribution in [2.24, 2.45) is 0 Å². The number of rotatable bonds is 7. The Hall–Kier alpha value is -2.55. The maximum atomic E-state index is 12.6. The Labute approximate surface area is 186 Å². The third-order valence-electron chi connectivity index (χ3n) is 4.31. The molecule has 0 fully saturated rings. The summed E-state index contributed by atoms with van der Waals surface area (Å²) in [4.78, 5) is 31.9. The van der Waals surface area contributed by atoms with Crippen LogP contribution < -0.4 is 10.9 Å². The van der Waals surface area contributed by atoms with Crippen molar-refractivity contribution in [2.75, 3.05) is 11.1 Å². The molecule has 0 radical (unpaired) electrons. The number of benzene rings is 2. The Kier molecular flexibility index (Phi) is 6.56. The molecule has 4 aromatic rings. The second-order valence-electron chi connectivity index (χ2n) is 6.33. The van der Waals surface area contributed by atoms with Gasteiger partial charge in [0.2, 0.25) is 5.91 Å². The predicted octanol–water partition coefficient (Wildman–Crippen LogP) is 5.36. The molecule has 0 aliphatic heterocycles. The van der Waals surface area contributed by atoms with E-state index in [1.807, 2.05) is 73.0 Å². The summed E-state index contributed by atoms with van der Waals surface area (Å²) in [5.41, 5.74) is 1.40. The third kappa shape index (κ3) is 4.61. The molecule has 0 saturated carbocycles. The highest BCUT2D eigenvalue weighted by atomic mass is 32.2. The van der Waals surface area contributed by atoms with Gasteiger partial charge in [-0.15, -0.1) is 11.3 Å². The first kappa shape index (κ1) is 20.7. The normalized spacial score (nSPS) is 11.0. The number of hydrogen-bond donors (Lipinski definition) is 1. The summed E-state index contributed by atoms with van der Waals surface area (Å²) in [5.74, 6) is 0.0373. The van der Waals surface area contributed by atoms with Crippen molar-refractivity contribution < 1.29 is 4.79 Å². The van der Waals surface area contributed by atoms with Crippen LogP contribution in [0.15, 0.2) is 85.8 Å². The zero-order chi connectivity index (χ0) is 20.9. The molecule has 0 unspecified atom stereocenters. The average Bonchev–Trinajstić information content (AvgIpc) is 3.23. The highest BCUT2D eigenvalue weighted by Gasteiger charge is 2.14. The lowest BCUT2D eigenvalue weighted by Crippen LogP contribution is -2.22. The fourth-order valence-electron chi connectivity index (χ4n) is 2.90. The summed E-state index contributed by atoms with van der Waals surface area (Å²) in [6.45, 7) is 2.42. The van der Waals surface area contributed by atoms with Crippen molar-refractivity contribution in [3.05, 3.63) is 76.4 Å². The smallest absolute Gasteiger partial charge is 0.272 e. The second-order valence-corrected chi connectivity index (χ2v) is 9.30. The van der Waals surface area contributed by atoms with Gasteiger partial charge < -0.3 is 5.32 Å². The van der Waals surface area contributed by atoms with E-state index in [4.69, 9.17) is 0 Å². The molecule has 30 heavy (non-hydrogen) atoms. The van der Waals surface area contributed by atoms with E-state index in [1.165, 1.54) is 23.1 Å². The summed E-state index contributed by atoms with van der Waals surface area (Å²) in [7, 11) is 0. The highest BCUT2D eigenvalue weighted by molar-refractivity contribution is 8.00. The highest BCUT2D eigenvalue weighted by Crippen LogP contribution is 2.33. The second kappa shape index (κ2) is 9.51. The number of nitrogens with one attached hydrogen (secondary N) is 1. The monoisotopic (exact) mass is 453 g/mol. The van der Waals surface area contributed by atoms with E-state index in [1.54, 1.807) is 16.3 Å². The number of nitrogens with zero attached hydrogens (tertiary/aromatic N) is 2. The SMILES string of the molecule is CCn1c(SCC(=O)Nc2ccccc2Sc2ccccc2)nc2ccsc2c1=O. The van der Waals surface area contributed by atoms with Gasteiger partial charge >= 0.3 is 0 Å². The van der Waals surface area contributed by atoms with Crippen molar-refractivity contribution in [3.63, 3.8) is 0 Å². The lowest BCUT2D eigenvalue weighted by molar-refractivity contribution is -0.113. The molecule has 0 atom stereocenters. The maximum absolute atomic E-state index is 12.6. The minimum absolute atomic E-state index is 0.0509. The van der Waals surface area contributed by atoms with Gasteiger partial charge in [-0.3, -0.25) is 14.2 Å². The van der Waals surface area contributed by atoms with Crippen LogP contribution in [0.4, 0.5) is 5.69 Å². The summed E-state index contributed by atoms with van der Waals surface area (Å²) in [6, 6.07) is 19.6. The first-order chi connectivity index (χ1) is 14.7. The van der Waals surface area contributed by atoms with Crippen LogP contribution in [0.1, 0.15) is 6.92 Å². The van der Waals surface area contributed by atoms with Gasteiger partial charge in [0, 0.05) is 16.3 Å². The van der Waals surface area contributed by atoms with E-state index in [-0.39, 0.29) is 17.2 Å². The number of carbonyl (C=O) groups is 1. The standard InChI is InChI=1S/C22H19N3O2S3/c1-2-25-21(27)20-17(12-13-28-20)24-22(25)29-14-19(26)23-16-10-6-7-11-18(16)30-15-8-4-3-5-9-15/h3-13H,2,14H2,1H3,(H,23,26). The van der Waals surface area contributed by atoms with Gasteiger partial charge in [0.15, 0.2) is 5.16 Å².